The first-order chi connectivity index (χ1) is 21.5. The van der Waals surface area contributed by atoms with Gasteiger partial charge in [0.1, 0.15) is 23.8 Å². The Kier molecular flexibility index (Phi) is 13.5. The molecule has 246 valence electrons. The summed E-state index contributed by atoms with van der Waals surface area (Å²) >= 11 is 0. The Morgan fingerprint density at radius 1 is 0.867 bits per heavy atom. The van der Waals surface area contributed by atoms with Crippen molar-refractivity contribution in [1.82, 2.24) is 9.47 Å². The van der Waals surface area contributed by atoms with Crippen LogP contribution in [0.5, 0.6) is 11.5 Å². The molecule has 0 bridgehead atoms. The molecule has 0 spiro atoms. The van der Waals surface area contributed by atoms with Gasteiger partial charge in [-0.05, 0) is 80.6 Å². The number of urea groups is 1. The first-order valence-corrected chi connectivity index (χ1v) is 16.6. The highest BCUT2D eigenvalue weighted by Gasteiger charge is 2.21. The van der Waals surface area contributed by atoms with Crippen molar-refractivity contribution >= 4 is 17.4 Å². The molecule has 0 aliphatic heterocycles. The Morgan fingerprint density at radius 2 is 1.51 bits per heavy atom. The number of benzene rings is 2. The zero-order chi connectivity index (χ0) is 33.1. The van der Waals surface area contributed by atoms with Gasteiger partial charge in [-0.15, -0.1) is 0 Å². The third-order valence-corrected chi connectivity index (χ3v) is 7.94. The number of pyridine rings is 1. The number of nitrogens with zero attached hydrogens (tertiary/aromatic N) is 2. The SMILES string of the molecule is CCCCn1ccc(-c2cc(OCCN(CC)CC)ccc2OC(C)C)c(NC(=O)Nc2c(C(C)C)cccc2C(C)C)c1=O. The molecule has 0 saturated carbocycles. The molecule has 0 fully saturated rings. The lowest BCUT2D eigenvalue weighted by Gasteiger charge is -2.22. The molecule has 3 rings (SSSR count). The zero-order valence-corrected chi connectivity index (χ0v) is 28.8. The van der Waals surface area contributed by atoms with Crippen molar-refractivity contribution < 1.29 is 14.3 Å². The van der Waals surface area contributed by atoms with E-state index in [1.165, 1.54) is 0 Å². The van der Waals surface area contributed by atoms with Crippen molar-refractivity contribution in [2.24, 2.45) is 0 Å². The molecule has 45 heavy (non-hydrogen) atoms. The van der Waals surface area contributed by atoms with Gasteiger partial charge in [-0.25, -0.2) is 4.79 Å². The van der Waals surface area contributed by atoms with E-state index < -0.39 is 6.03 Å². The van der Waals surface area contributed by atoms with Gasteiger partial charge in [0, 0.05) is 36.1 Å². The summed E-state index contributed by atoms with van der Waals surface area (Å²) in [5.74, 6) is 1.70. The maximum absolute atomic E-state index is 14.0. The van der Waals surface area contributed by atoms with E-state index in [2.05, 4.69) is 64.0 Å². The molecule has 8 heteroatoms. The van der Waals surface area contributed by atoms with Crippen molar-refractivity contribution in [2.75, 3.05) is 36.9 Å². The summed E-state index contributed by atoms with van der Waals surface area (Å²) in [5, 5.41) is 6.07. The van der Waals surface area contributed by atoms with Crippen molar-refractivity contribution in [3.05, 3.63) is 70.1 Å². The van der Waals surface area contributed by atoms with Crippen LogP contribution in [0.15, 0.2) is 53.5 Å². The van der Waals surface area contributed by atoms with Gasteiger partial charge in [0.25, 0.3) is 5.56 Å². The van der Waals surface area contributed by atoms with E-state index in [9.17, 15) is 9.59 Å². The lowest BCUT2D eigenvalue weighted by molar-refractivity contribution is 0.222. The van der Waals surface area contributed by atoms with E-state index in [4.69, 9.17) is 9.47 Å². The van der Waals surface area contributed by atoms with Gasteiger partial charge in [-0.3, -0.25) is 4.79 Å². The van der Waals surface area contributed by atoms with Gasteiger partial charge in [0.15, 0.2) is 0 Å². The van der Waals surface area contributed by atoms with E-state index in [-0.39, 0.29) is 29.2 Å². The molecule has 2 N–H and O–H groups in total. The number of aromatic nitrogens is 1. The number of carbonyl (C=O) groups excluding carboxylic acids is 1. The number of carbonyl (C=O) groups is 1. The minimum Gasteiger partial charge on any atom is -0.492 e. The summed E-state index contributed by atoms with van der Waals surface area (Å²) in [6, 6.07) is 13.2. The van der Waals surface area contributed by atoms with Crippen molar-refractivity contribution in [1.29, 1.82) is 0 Å². The maximum atomic E-state index is 14.0. The van der Waals surface area contributed by atoms with Crippen LogP contribution in [0.2, 0.25) is 0 Å². The fraction of sp³-hybridized carbons (Fsp3) is 0.514. The molecular weight excluding hydrogens is 564 g/mol. The quantitative estimate of drug-likeness (QED) is 0.168. The standard InChI is InChI=1S/C37H54N4O4/c1-10-13-20-41-21-19-31(32-24-28(17-18-33(32)45-27(8)9)44-23-22-40(11-2)12-3)35(36(41)42)39-37(43)38-34-29(25(4)5)15-14-16-30(34)26(6)7/h14-19,21,24-27H,10-13,20,22-23H2,1-9H3,(H2,38,39,43). The number of ether oxygens (including phenoxy) is 2. The van der Waals surface area contributed by atoms with Crippen LogP contribution in [0.25, 0.3) is 11.1 Å². The van der Waals surface area contributed by atoms with Gasteiger partial charge < -0.3 is 29.6 Å². The Hall–Kier alpha value is -3.78. The summed E-state index contributed by atoms with van der Waals surface area (Å²) in [5.41, 5.74) is 4.09. The van der Waals surface area contributed by atoms with Crippen LogP contribution in [-0.4, -0.2) is 47.8 Å². The first kappa shape index (κ1) is 35.7. The highest BCUT2D eigenvalue weighted by atomic mass is 16.5. The molecule has 1 aromatic heterocycles. The lowest BCUT2D eigenvalue weighted by atomic mass is 9.93. The van der Waals surface area contributed by atoms with E-state index in [0.717, 1.165) is 49.3 Å². The number of rotatable bonds is 16. The second-order valence-electron chi connectivity index (χ2n) is 12.4. The van der Waals surface area contributed by atoms with Crippen LogP contribution in [0.1, 0.15) is 98.1 Å². The van der Waals surface area contributed by atoms with Crippen molar-refractivity contribution in [3.63, 3.8) is 0 Å². The number of anilines is 2. The average Bonchev–Trinajstić information content (AvgIpc) is 3.00. The first-order valence-electron chi connectivity index (χ1n) is 16.6. The Labute approximate surface area is 270 Å². The number of hydrogen-bond acceptors (Lipinski definition) is 5. The lowest BCUT2D eigenvalue weighted by Crippen LogP contribution is -2.29. The molecule has 2 aromatic carbocycles. The monoisotopic (exact) mass is 618 g/mol. The molecule has 1 heterocycles. The zero-order valence-electron chi connectivity index (χ0n) is 28.8. The summed E-state index contributed by atoms with van der Waals surface area (Å²) < 4.78 is 14.0. The molecule has 0 unspecified atom stereocenters. The summed E-state index contributed by atoms with van der Waals surface area (Å²) in [4.78, 5) is 30.0. The topological polar surface area (TPSA) is 84.8 Å². The number of amides is 2. The minimum atomic E-state index is -0.463. The molecule has 0 aliphatic rings. The highest BCUT2D eigenvalue weighted by molar-refractivity contribution is 6.03. The van der Waals surface area contributed by atoms with Crippen LogP contribution in [-0.2, 0) is 6.54 Å². The predicted octanol–water partition coefficient (Wildman–Crippen LogP) is 8.71. The van der Waals surface area contributed by atoms with E-state index in [0.29, 0.717) is 35.8 Å². The molecular formula is C37H54N4O4. The summed E-state index contributed by atoms with van der Waals surface area (Å²) in [6.45, 7) is 22.5. The van der Waals surface area contributed by atoms with Crippen molar-refractivity contribution in [3.8, 4) is 22.6 Å². The van der Waals surface area contributed by atoms with Crippen LogP contribution in [0.4, 0.5) is 16.2 Å². The predicted molar refractivity (Wildman–Crippen MR) is 187 cm³/mol. The molecule has 0 atom stereocenters. The number of aryl methyl sites for hydroxylation is 1. The van der Waals surface area contributed by atoms with Gasteiger partial charge in [0.05, 0.1) is 6.10 Å². The largest absolute Gasteiger partial charge is 0.492 e. The molecule has 0 radical (unpaired) electrons. The smallest absolute Gasteiger partial charge is 0.323 e. The van der Waals surface area contributed by atoms with Crippen LogP contribution in [0, 0.1) is 0 Å². The Morgan fingerprint density at radius 3 is 2.09 bits per heavy atom. The fourth-order valence-electron chi connectivity index (χ4n) is 5.38. The van der Waals surface area contributed by atoms with E-state index >= 15 is 0 Å². The Balaban J connectivity index is 2.09. The maximum Gasteiger partial charge on any atom is 0.323 e. The normalized spacial score (nSPS) is 11.5. The number of hydrogen-bond donors (Lipinski definition) is 2. The highest BCUT2D eigenvalue weighted by Crippen LogP contribution is 2.38. The molecule has 0 aliphatic carbocycles. The number of para-hydroxylation sites is 1. The molecule has 3 aromatic rings. The van der Waals surface area contributed by atoms with Crippen LogP contribution in [0.3, 0.4) is 0 Å². The Bertz CT molecular complexity index is 1430. The third kappa shape index (κ3) is 9.60. The van der Waals surface area contributed by atoms with Crippen LogP contribution < -0.4 is 25.7 Å². The average molecular weight is 619 g/mol. The second-order valence-corrected chi connectivity index (χ2v) is 12.4. The molecule has 0 saturated heterocycles. The van der Waals surface area contributed by atoms with Gasteiger partial charge in [-0.2, -0.15) is 0 Å². The third-order valence-electron chi connectivity index (χ3n) is 7.94. The van der Waals surface area contributed by atoms with Gasteiger partial charge in [-0.1, -0.05) is 73.1 Å². The second kappa shape index (κ2) is 17.1. The van der Waals surface area contributed by atoms with Crippen LogP contribution >= 0.6 is 0 Å². The summed E-state index contributed by atoms with van der Waals surface area (Å²) in [6.07, 6.45) is 3.50. The molecule has 2 amide bonds. The van der Waals surface area contributed by atoms with E-state index in [1.54, 1.807) is 10.8 Å². The number of nitrogens with one attached hydrogen (secondary N) is 2. The van der Waals surface area contributed by atoms with Gasteiger partial charge in [0.2, 0.25) is 0 Å². The minimum absolute atomic E-state index is 0.0928. The van der Waals surface area contributed by atoms with Gasteiger partial charge >= 0.3 is 6.03 Å². The molecule has 8 nitrogen and oxygen atoms in total. The van der Waals surface area contributed by atoms with E-state index in [1.807, 2.05) is 56.3 Å². The van der Waals surface area contributed by atoms with Crippen molar-refractivity contribution in [2.45, 2.75) is 99.6 Å². The number of likely N-dealkylation sites (N-methyl/N-ethyl adjacent to an activating group) is 1. The number of unbranched alkanes of at least 4 members (excludes halogenated alkanes) is 1. The summed E-state index contributed by atoms with van der Waals surface area (Å²) in [7, 11) is 0. The fourth-order valence-corrected chi connectivity index (χ4v) is 5.38.